The Kier molecular flexibility index (Phi) is 2.56. The maximum Gasteiger partial charge on any atom is 0.312 e. The van der Waals surface area contributed by atoms with E-state index in [9.17, 15) is 9.59 Å². The third kappa shape index (κ3) is 1.75. The van der Waals surface area contributed by atoms with Crippen LogP contribution in [-0.2, 0) is 25.6 Å². The summed E-state index contributed by atoms with van der Waals surface area (Å²) < 4.78 is 11.0. The van der Waals surface area contributed by atoms with Gasteiger partial charge in [-0.25, -0.2) is 0 Å². The van der Waals surface area contributed by atoms with Gasteiger partial charge in [-0.3, -0.25) is 14.6 Å². The third-order valence-corrected chi connectivity index (χ3v) is 4.93. The number of fused-ring (bicyclic) bond motifs is 5. The van der Waals surface area contributed by atoms with Crippen LogP contribution in [0.3, 0.4) is 0 Å². The molecule has 5 rings (SSSR count). The molecule has 3 aliphatic rings. The molecule has 6 nitrogen and oxygen atoms in total. The Morgan fingerprint density at radius 3 is 2.91 bits per heavy atom. The maximum absolute atomic E-state index is 12.8. The summed E-state index contributed by atoms with van der Waals surface area (Å²) >= 11 is 0. The fourth-order valence-corrected chi connectivity index (χ4v) is 3.69. The van der Waals surface area contributed by atoms with Crippen molar-refractivity contribution >= 4 is 22.8 Å². The molecule has 0 spiro atoms. The molecule has 1 amide bonds. The smallest absolute Gasteiger partial charge is 0.312 e. The molecule has 4 heterocycles. The molecule has 0 aliphatic carbocycles. The van der Waals surface area contributed by atoms with Gasteiger partial charge in [-0.2, -0.15) is 0 Å². The molecule has 2 fully saturated rings. The highest BCUT2D eigenvalue weighted by Crippen LogP contribution is 2.41. The molecule has 0 radical (unpaired) electrons. The van der Waals surface area contributed by atoms with Crippen LogP contribution in [-0.4, -0.2) is 35.0 Å². The van der Waals surface area contributed by atoms with Crippen LogP contribution in [0.2, 0.25) is 0 Å². The maximum atomic E-state index is 12.8. The molecular weight excluding hydrogens is 296 g/mol. The van der Waals surface area contributed by atoms with E-state index in [4.69, 9.17) is 9.47 Å². The topological polar surface area (TPSA) is 68.7 Å². The minimum atomic E-state index is -0.482. The Morgan fingerprint density at radius 2 is 2.00 bits per heavy atom. The molecule has 0 saturated carbocycles. The Morgan fingerprint density at radius 1 is 1.13 bits per heavy atom. The summed E-state index contributed by atoms with van der Waals surface area (Å²) in [6.07, 6.45) is -0.451. The number of para-hydroxylation sites is 1. The summed E-state index contributed by atoms with van der Waals surface area (Å²) in [5.41, 5.74) is 2.70. The van der Waals surface area contributed by atoms with Gasteiger partial charge in [-0.05, 0) is 12.1 Å². The van der Waals surface area contributed by atoms with Crippen molar-refractivity contribution in [1.82, 2.24) is 9.88 Å². The molecule has 1 aromatic carbocycles. The summed E-state index contributed by atoms with van der Waals surface area (Å²) in [5.74, 6) is -1.33. The lowest BCUT2D eigenvalue weighted by Gasteiger charge is -2.23. The Labute approximate surface area is 132 Å². The first-order valence-corrected chi connectivity index (χ1v) is 7.69. The molecule has 23 heavy (non-hydrogen) atoms. The van der Waals surface area contributed by atoms with E-state index in [-0.39, 0.29) is 25.1 Å². The molecule has 0 N–H and O–H groups in total. The fourth-order valence-electron chi connectivity index (χ4n) is 3.69. The molecule has 3 aliphatic heterocycles. The SMILES string of the molecule is O=C1OCC2C(=O)N3Cc4nc5ccccc5cc4C3OCC12. The van der Waals surface area contributed by atoms with E-state index in [0.717, 1.165) is 22.2 Å². The summed E-state index contributed by atoms with van der Waals surface area (Å²) in [6, 6.07) is 9.90. The quantitative estimate of drug-likeness (QED) is 0.688. The van der Waals surface area contributed by atoms with Crippen molar-refractivity contribution in [2.45, 2.75) is 12.8 Å². The average Bonchev–Trinajstić information content (AvgIpc) is 3.06. The number of amides is 1. The van der Waals surface area contributed by atoms with Gasteiger partial charge in [-0.15, -0.1) is 0 Å². The van der Waals surface area contributed by atoms with Gasteiger partial charge < -0.3 is 14.4 Å². The summed E-state index contributed by atoms with van der Waals surface area (Å²) in [4.78, 5) is 30.9. The van der Waals surface area contributed by atoms with Crippen LogP contribution in [0.25, 0.3) is 10.9 Å². The number of nitrogens with zero attached hydrogens (tertiary/aromatic N) is 2. The minimum absolute atomic E-state index is 0.0783. The average molecular weight is 310 g/mol. The number of hydrogen-bond acceptors (Lipinski definition) is 5. The third-order valence-electron chi connectivity index (χ3n) is 4.93. The van der Waals surface area contributed by atoms with Crippen LogP contribution in [0.4, 0.5) is 0 Å². The second-order valence-electron chi connectivity index (χ2n) is 6.21. The highest BCUT2D eigenvalue weighted by atomic mass is 16.6. The van der Waals surface area contributed by atoms with Gasteiger partial charge in [0.15, 0.2) is 6.23 Å². The normalized spacial score (nSPS) is 29.0. The standard InChI is InChI=1S/C17H14N2O4/c20-15-11-7-23-17(21)12(11)8-22-16-10-5-9-3-1-2-4-13(9)18-14(10)6-19(15)16/h1-5,11-12,16H,6-8H2. The van der Waals surface area contributed by atoms with Crippen LogP contribution >= 0.6 is 0 Å². The lowest BCUT2D eigenvalue weighted by atomic mass is 9.95. The predicted octanol–water partition coefficient (Wildman–Crippen LogP) is 1.40. The monoisotopic (exact) mass is 310 g/mol. The highest BCUT2D eigenvalue weighted by molar-refractivity contribution is 5.89. The molecule has 3 atom stereocenters. The zero-order chi connectivity index (χ0) is 15.6. The second-order valence-corrected chi connectivity index (χ2v) is 6.21. The van der Waals surface area contributed by atoms with E-state index >= 15 is 0 Å². The Hall–Kier alpha value is -2.47. The number of cyclic esters (lactones) is 1. The van der Waals surface area contributed by atoms with Crippen LogP contribution < -0.4 is 0 Å². The van der Waals surface area contributed by atoms with Crippen molar-refractivity contribution in [2.75, 3.05) is 13.2 Å². The number of aromatic nitrogens is 1. The van der Waals surface area contributed by atoms with Gasteiger partial charge in [-0.1, -0.05) is 18.2 Å². The lowest BCUT2D eigenvalue weighted by molar-refractivity contribution is -0.147. The van der Waals surface area contributed by atoms with Crippen molar-refractivity contribution in [1.29, 1.82) is 0 Å². The van der Waals surface area contributed by atoms with Crippen molar-refractivity contribution < 1.29 is 19.1 Å². The summed E-state index contributed by atoms with van der Waals surface area (Å²) in [7, 11) is 0. The first kappa shape index (κ1) is 13.0. The molecule has 6 heteroatoms. The van der Waals surface area contributed by atoms with E-state index < -0.39 is 18.1 Å². The second kappa shape index (κ2) is 4.52. The van der Waals surface area contributed by atoms with E-state index in [1.54, 1.807) is 4.90 Å². The van der Waals surface area contributed by atoms with Crippen molar-refractivity contribution in [2.24, 2.45) is 11.8 Å². The van der Waals surface area contributed by atoms with Crippen molar-refractivity contribution in [3.05, 3.63) is 41.6 Å². The zero-order valence-corrected chi connectivity index (χ0v) is 12.3. The highest BCUT2D eigenvalue weighted by Gasteiger charge is 2.50. The van der Waals surface area contributed by atoms with Gasteiger partial charge in [0.25, 0.3) is 0 Å². The molecule has 116 valence electrons. The number of pyridine rings is 1. The number of esters is 1. The van der Waals surface area contributed by atoms with Gasteiger partial charge in [0.1, 0.15) is 6.61 Å². The largest absolute Gasteiger partial charge is 0.465 e. The van der Waals surface area contributed by atoms with Crippen LogP contribution in [0.1, 0.15) is 17.5 Å². The number of hydrogen-bond donors (Lipinski definition) is 0. The minimum Gasteiger partial charge on any atom is -0.465 e. The first-order valence-electron chi connectivity index (χ1n) is 7.69. The van der Waals surface area contributed by atoms with Gasteiger partial charge in [0, 0.05) is 10.9 Å². The zero-order valence-electron chi connectivity index (χ0n) is 12.3. The Balaban J connectivity index is 1.59. The first-order chi connectivity index (χ1) is 11.2. The van der Waals surface area contributed by atoms with E-state index in [0.29, 0.717) is 6.54 Å². The molecular formula is C17H14N2O4. The molecule has 2 aromatic rings. The van der Waals surface area contributed by atoms with Crippen molar-refractivity contribution in [3.63, 3.8) is 0 Å². The van der Waals surface area contributed by atoms with Crippen LogP contribution in [0.5, 0.6) is 0 Å². The lowest BCUT2D eigenvalue weighted by Crippen LogP contribution is -2.35. The summed E-state index contributed by atoms with van der Waals surface area (Å²) in [6.45, 7) is 0.782. The van der Waals surface area contributed by atoms with E-state index in [1.165, 1.54) is 0 Å². The number of benzene rings is 1. The molecule has 1 aromatic heterocycles. The van der Waals surface area contributed by atoms with Crippen LogP contribution in [0, 0.1) is 11.8 Å². The number of carbonyl (C=O) groups excluding carboxylic acids is 2. The molecule has 0 bridgehead atoms. The van der Waals surface area contributed by atoms with Crippen molar-refractivity contribution in [3.8, 4) is 0 Å². The molecule has 2 saturated heterocycles. The number of rotatable bonds is 0. The fraction of sp³-hybridized carbons (Fsp3) is 0.353. The number of carbonyl (C=O) groups is 2. The predicted molar refractivity (Wildman–Crippen MR) is 78.9 cm³/mol. The molecule has 3 unspecified atom stereocenters. The van der Waals surface area contributed by atoms with Gasteiger partial charge in [0.05, 0.1) is 36.2 Å². The van der Waals surface area contributed by atoms with Gasteiger partial charge in [0.2, 0.25) is 5.91 Å². The van der Waals surface area contributed by atoms with Gasteiger partial charge >= 0.3 is 5.97 Å². The van der Waals surface area contributed by atoms with E-state index in [1.807, 2.05) is 30.3 Å². The summed E-state index contributed by atoms with van der Waals surface area (Å²) in [5, 5.41) is 1.02. The van der Waals surface area contributed by atoms with Crippen LogP contribution in [0.15, 0.2) is 30.3 Å². The number of ether oxygens (including phenoxy) is 2. The Bertz CT molecular complexity index is 850. The van der Waals surface area contributed by atoms with E-state index in [2.05, 4.69) is 4.98 Å².